The van der Waals surface area contributed by atoms with Gasteiger partial charge in [0.1, 0.15) is 11.1 Å². The molecule has 1 amide bonds. The Morgan fingerprint density at radius 1 is 1.12 bits per heavy atom. The average molecular weight is 461 g/mol. The summed E-state index contributed by atoms with van der Waals surface area (Å²) < 4.78 is 41.9. The number of H-pyrrole nitrogens is 1. The number of carbonyl (C=O) groups is 1. The molecule has 8 nitrogen and oxygen atoms in total. The van der Waals surface area contributed by atoms with Gasteiger partial charge < -0.3 is 15.0 Å². The maximum atomic E-state index is 12.4. The van der Waals surface area contributed by atoms with Crippen molar-refractivity contribution in [1.29, 1.82) is 0 Å². The molecule has 0 aliphatic heterocycles. The minimum Gasteiger partial charge on any atom is -0.406 e. The molecule has 0 fully saturated rings. The van der Waals surface area contributed by atoms with Crippen LogP contribution in [0.5, 0.6) is 5.75 Å². The number of nitrogens with zero attached hydrogens (tertiary/aromatic N) is 3. The van der Waals surface area contributed by atoms with Crippen molar-refractivity contribution in [1.82, 2.24) is 19.7 Å². The molecule has 2 heterocycles. The summed E-state index contributed by atoms with van der Waals surface area (Å²) in [5.74, 6) is -0.914. The van der Waals surface area contributed by atoms with Crippen LogP contribution in [0.2, 0.25) is 0 Å². The van der Waals surface area contributed by atoms with Crippen molar-refractivity contribution in [3.63, 3.8) is 0 Å². The number of para-hydroxylation sites is 1. The summed E-state index contributed by atoms with van der Waals surface area (Å²) in [7, 11) is 0. The summed E-state index contributed by atoms with van der Waals surface area (Å²) in [5, 5.41) is 7.30. The monoisotopic (exact) mass is 461 g/mol. The third-order valence-corrected chi connectivity index (χ3v) is 5.00. The third kappa shape index (κ3) is 5.09. The van der Waals surface area contributed by atoms with Gasteiger partial charge in [-0.1, -0.05) is 30.0 Å². The molecule has 0 aliphatic carbocycles. The molecule has 32 heavy (non-hydrogen) atoms. The lowest BCUT2D eigenvalue weighted by Gasteiger charge is -2.10. The van der Waals surface area contributed by atoms with Crippen molar-refractivity contribution >= 4 is 34.4 Å². The molecule has 0 atom stereocenters. The molecule has 0 bridgehead atoms. The summed E-state index contributed by atoms with van der Waals surface area (Å²) in [6.45, 7) is 0. The van der Waals surface area contributed by atoms with Gasteiger partial charge in [-0.15, -0.1) is 13.2 Å². The Hall–Kier alpha value is -3.80. The van der Waals surface area contributed by atoms with Crippen molar-refractivity contribution in [2.75, 3.05) is 11.1 Å². The SMILES string of the molecule is O=C(CSc1nc2c(cnn2-c2ccccc2)c(=O)[nH]1)Nc1ccc(OC(F)(F)F)cc1. The Morgan fingerprint density at radius 2 is 1.84 bits per heavy atom. The van der Waals surface area contributed by atoms with Gasteiger partial charge in [0, 0.05) is 5.69 Å². The van der Waals surface area contributed by atoms with E-state index in [2.05, 4.69) is 25.1 Å². The fourth-order valence-corrected chi connectivity index (χ4v) is 3.45. The highest BCUT2D eigenvalue weighted by molar-refractivity contribution is 7.99. The smallest absolute Gasteiger partial charge is 0.406 e. The van der Waals surface area contributed by atoms with Crippen LogP contribution in [0, 0.1) is 0 Å². The summed E-state index contributed by atoms with van der Waals surface area (Å²) in [5.41, 5.74) is 0.986. The van der Waals surface area contributed by atoms with Gasteiger partial charge in [0.15, 0.2) is 10.8 Å². The maximum Gasteiger partial charge on any atom is 0.573 e. The zero-order valence-corrected chi connectivity index (χ0v) is 16.9. The van der Waals surface area contributed by atoms with Crippen LogP contribution in [-0.4, -0.2) is 37.8 Å². The van der Waals surface area contributed by atoms with Crippen LogP contribution in [0.15, 0.2) is 70.7 Å². The molecule has 0 radical (unpaired) electrons. The number of rotatable bonds is 6. The molecule has 0 spiro atoms. The zero-order chi connectivity index (χ0) is 22.7. The van der Waals surface area contributed by atoms with Gasteiger partial charge in [-0.3, -0.25) is 9.59 Å². The molecule has 0 saturated carbocycles. The van der Waals surface area contributed by atoms with Gasteiger partial charge in [-0.25, -0.2) is 9.67 Å². The predicted octanol–water partition coefficient (Wildman–Crippen LogP) is 3.74. The van der Waals surface area contributed by atoms with Crippen LogP contribution in [0.4, 0.5) is 18.9 Å². The second kappa shape index (κ2) is 8.75. The fourth-order valence-electron chi connectivity index (χ4n) is 2.80. The molecule has 164 valence electrons. The van der Waals surface area contributed by atoms with Crippen LogP contribution in [-0.2, 0) is 4.79 Å². The molecule has 0 aliphatic rings. The van der Waals surface area contributed by atoms with Crippen molar-refractivity contribution in [2.24, 2.45) is 0 Å². The second-order valence-corrected chi connectivity index (χ2v) is 7.37. The number of aromatic amines is 1. The minimum absolute atomic E-state index is 0.0886. The summed E-state index contributed by atoms with van der Waals surface area (Å²) in [6.07, 6.45) is -3.37. The number of carbonyl (C=O) groups excluding carboxylic acids is 1. The highest BCUT2D eigenvalue weighted by Crippen LogP contribution is 2.24. The molecular formula is C20H14F3N5O3S. The first-order valence-electron chi connectivity index (χ1n) is 9.10. The van der Waals surface area contributed by atoms with E-state index in [1.165, 1.54) is 23.0 Å². The fraction of sp³-hybridized carbons (Fsp3) is 0.100. The zero-order valence-electron chi connectivity index (χ0n) is 16.1. The average Bonchev–Trinajstić information content (AvgIpc) is 3.18. The van der Waals surface area contributed by atoms with Crippen LogP contribution >= 0.6 is 11.8 Å². The van der Waals surface area contributed by atoms with E-state index in [9.17, 15) is 22.8 Å². The van der Waals surface area contributed by atoms with E-state index in [4.69, 9.17) is 0 Å². The number of aromatic nitrogens is 4. The molecular weight excluding hydrogens is 447 g/mol. The first kappa shape index (κ1) is 21.4. The lowest BCUT2D eigenvalue weighted by molar-refractivity contribution is -0.274. The van der Waals surface area contributed by atoms with Crippen molar-refractivity contribution < 1.29 is 22.7 Å². The summed E-state index contributed by atoms with van der Waals surface area (Å²) >= 11 is 1.00. The number of amides is 1. The van der Waals surface area contributed by atoms with Gasteiger partial charge in [-0.2, -0.15) is 5.10 Å². The topological polar surface area (TPSA) is 102 Å². The van der Waals surface area contributed by atoms with Crippen LogP contribution in [0.3, 0.4) is 0 Å². The van der Waals surface area contributed by atoms with Crippen LogP contribution < -0.4 is 15.6 Å². The Kier molecular flexibility index (Phi) is 5.86. The van der Waals surface area contributed by atoms with Gasteiger partial charge in [0.05, 0.1) is 17.6 Å². The molecule has 12 heteroatoms. The Morgan fingerprint density at radius 3 is 2.53 bits per heavy atom. The number of benzene rings is 2. The maximum absolute atomic E-state index is 12.4. The normalized spacial score (nSPS) is 11.5. The van der Waals surface area contributed by atoms with E-state index in [1.54, 1.807) is 0 Å². The first-order valence-corrected chi connectivity index (χ1v) is 10.1. The number of fused-ring (bicyclic) bond motifs is 1. The lowest BCUT2D eigenvalue weighted by Crippen LogP contribution is -2.17. The second-order valence-electron chi connectivity index (χ2n) is 6.41. The van der Waals surface area contributed by atoms with Crippen LogP contribution in [0.25, 0.3) is 16.7 Å². The molecule has 4 aromatic rings. The third-order valence-electron chi connectivity index (χ3n) is 4.13. The molecule has 0 saturated heterocycles. The van der Waals surface area contributed by atoms with Gasteiger partial charge in [-0.05, 0) is 36.4 Å². The van der Waals surface area contributed by atoms with E-state index >= 15 is 0 Å². The highest BCUT2D eigenvalue weighted by atomic mass is 32.2. The predicted molar refractivity (Wildman–Crippen MR) is 112 cm³/mol. The van der Waals surface area contributed by atoms with Crippen molar-refractivity contribution in [3.05, 3.63) is 71.1 Å². The lowest BCUT2D eigenvalue weighted by atomic mass is 10.3. The highest BCUT2D eigenvalue weighted by Gasteiger charge is 2.31. The van der Waals surface area contributed by atoms with Gasteiger partial charge in [0.25, 0.3) is 5.56 Å². The molecule has 2 aromatic carbocycles. The van der Waals surface area contributed by atoms with E-state index in [-0.39, 0.29) is 16.5 Å². The standard InChI is InChI=1S/C20H14F3N5O3S/c21-20(22,23)31-14-8-6-12(7-9-14)25-16(29)11-32-19-26-17-15(18(30)27-19)10-24-28(17)13-4-2-1-3-5-13/h1-10H,11H2,(H,25,29)(H,26,27,30). The number of ether oxygens (including phenoxy) is 1. The number of nitrogens with one attached hydrogen (secondary N) is 2. The number of alkyl halides is 3. The molecule has 2 aromatic heterocycles. The number of halogens is 3. The number of hydrogen-bond donors (Lipinski definition) is 2. The van der Waals surface area contributed by atoms with Crippen LogP contribution in [0.1, 0.15) is 0 Å². The van der Waals surface area contributed by atoms with E-state index in [0.29, 0.717) is 16.7 Å². The first-order chi connectivity index (χ1) is 15.3. The van der Waals surface area contributed by atoms with E-state index in [1.807, 2.05) is 30.3 Å². The number of anilines is 1. The molecule has 0 unspecified atom stereocenters. The van der Waals surface area contributed by atoms with E-state index in [0.717, 1.165) is 29.6 Å². The summed E-state index contributed by atoms with van der Waals surface area (Å²) in [6, 6.07) is 13.9. The quantitative estimate of drug-likeness (QED) is 0.335. The van der Waals surface area contributed by atoms with Gasteiger partial charge in [0.2, 0.25) is 5.91 Å². The molecule has 4 rings (SSSR count). The summed E-state index contributed by atoms with van der Waals surface area (Å²) in [4.78, 5) is 31.6. The van der Waals surface area contributed by atoms with Crippen molar-refractivity contribution in [3.8, 4) is 11.4 Å². The Labute approximate surface area is 182 Å². The van der Waals surface area contributed by atoms with Crippen molar-refractivity contribution in [2.45, 2.75) is 11.5 Å². The Bertz CT molecular complexity index is 1300. The van der Waals surface area contributed by atoms with E-state index < -0.39 is 18.0 Å². The number of thioether (sulfide) groups is 1. The largest absolute Gasteiger partial charge is 0.573 e. The molecule has 2 N–H and O–H groups in total. The minimum atomic E-state index is -4.79. The Balaban J connectivity index is 1.44. The number of hydrogen-bond acceptors (Lipinski definition) is 6. The van der Waals surface area contributed by atoms with Gasteiger partial charge >= 0.3 is 6.36 Å².